The van der Waals surface area contributed by atoms with Crippen LogP contribution in [0.5, 0.6) is 0 Å². The lowest BCUT2D eigenvalue weighted by molar-refractivity contribution is 0.1000. The summed E-state index contributed by atoms with van der Waals surface area (Å²) in [5.41, 5.74) is 11.2. The van der Waals surface area contributed by atoms with Crippen molar-refractivity contribution in [1.82, 2.24) is 4.72 Å². The third kappa shape index (κ3) is 4.92. The third-order valence-corrected chi connectivity index (χ3v) is 5.46. The van der Waals surface area contributed by atoms with E-state index in [2.05, 4.69) is 20.7 Å². The van der Waals surface area contributed by atoms with Crippen LogP contribution in [0.15, 0.2) is 27.6 Å². The first-order valence-electron chi connectivity index (χ1n) is 6.66. The molecule has 124 valence electrons. The van der Waals surface area contributed by atoms with Crippen molar-refractivity contribution in [3.8, 4) is 0 Å². The van der Waals surface area contributed by atoms with E-state index < -0.39 is 15.9 Å². The molecular weight excluding hydrogens is 394 g/mol. The van der Waals surface area contributed by atoms with Crippen molar-refractivity contribution < 1.29 is 13.2 Å². The SMILES string of the molecule is Cl.NC(=O)c1cc(Br)cc(S(=O)(=O)NC2CCCC(N)C2)c1. The van der Waals surface area contributed by atoms with Gasteiger partial charge in [0.2, 0.25) is 15.9 Å². The second-order valence-corrected chi connectivity index (χ2v) is 7.91. The Kier molecular flexibility index (Phi) is 6.82. The van der Waals surface area contributed by atoms with E-state index in [0.29, 0.717) is 10.9 Å². The molecule has 0 spiro atoms. The van der Waals surface area contributed by atoms with Gasteiger partial charge in [-0.15, -0.1) is 12.4 Å². The Bertz CT molecular complexity index is 654. The average Bonchev–Trinajstić information content (AvgIpc) is 2.37. The highest BCUT2D eigenvalue weighted by atomic mass is 79.9. The minimum atomic E-state index is -3.71. The molecular formula is C13H19BrClN3O3S. The molecule has 2 rings (SSSR count). The van der Waals surface area contributed by atoms with Crippen LogP contribution in [0.2, 0.25) is 0 Å². The minimum absolute atomic E-state index is 0. The number of nitrogens with two attached hydrogens (primary N) is 2. The molecule has 1 fully saturated rings. The Hall–Kier alpha value is -0.670. The largest absolute Gasteiger partial charge is 0.366 e. The van der Waals surface area contributed by atoms with E-state index >= 15 is 0 Å². The van der Waals surface area contributed by atoms with Crippen molar-refractivity contribution in [3.63, 3.8) is 0 Å². The van der Waals surface area contributed by atoms with Gasteiger partial charge in [0.15, 0.2) is 0 Å². The summed E-state index contributed by atoms with van der Waals surface area (Å²) in [5.74, 6) is -0.674. The summed E-state index contributed by atoms with van der Waals surface area (Å²) in [7, 11) is -3.71. The van der Waals surface area contributed by atoms with Gasteiger partial charge in [-0.2, -0.15) is 0 Å². The van der Waals surface area contributed by atoms with Crippen molar-refractivity contribution in [3.05, 3.63) is 28.2 Å². The van der Waals surface area contributed by atoms with Gasteiger partial charge in [0.1, 0.15) is 0 Å². The lowest BCUT2D eigenvalue weighted by Crippen LogP contribution is -2.42. The zero-order valence-corrected chi connectivity index (χ0v) is 15.0. The zero-order chi connectivity index (χ0) is 15.6. The average molecular weight is 413 g/mol. The fourth-order valence-electron chi connectivity index (χ4n) is 2.48. The van der Waals surface area contributed by atoms with Gasteiger partial charge < -0.3 is 11.5 Å². The fraction of sp³-hybridized carbons (Fsp3) is 0.462. The quantitative estimate of drug-likeness (QED) is 0.695. The molecule has 0 bridgehead atoms. The molecule has 9 heteroatoms. The first kappa shape index (κ1) is 19.4. The van der Waals surface area contributed by atoms with E-state index in [4.69, 9.17) is 11.5 Å². The third-order valence-electron chi connectivity index (χ3n) is 3.50. The number of halogens is 2. The van der Waals surface area contributed by atoms with Crippen LogP contribution >= 0.6 is 28.3 Å². The Morgan fingerprint density at radius 1 is 1.27 bits per heavy atom. The lowest BCUT2D eigenvalue weighted by atomic mass is 9.92. The van der Waals surface area contributed by atoms with Crippen molar-refractivity contribution >= 4 is 44.3 Å². The molecule has 0 radical (unpaired) electrons. The van der Waals surface area contributed by atoms with Crippen LogP contribution in [-0.2, 0) is 10.0 Å². The summed E-state index contributed by atoms with van der Waals surface area (Å²) in [6, 6.07) is 4.05. The molecule has 1 amide bonds. The van der Waals surface area contributed by atoms with Gasteiger partial charge in [-0.25, -0.2) is 13.1 Å². The molecule has 0 aromatic heterocycles. The zero-order valence-electron chi connectivity index (χ0n) is 11.8. The number of hydrogen-bond donors (Lipinski definition) is 3. The predicted molar refractivity (Wildman–Crippen MR) is 90.5 cm³/mol. The van der Waals surface area contributed by atoms with Gasteiger partial charge in [0.05, 0.1) is 4.90 Å². The first-order valence-corrected chi connectivity index (χ1v) is 8.94. The van der Waals surface area contributed by atoms with Crippen molar-refractivity contribution in [2.75, 3.05) is 0 Å². The maximum atomic E-state index is 12.4. The number of primary amides is 1. The highest BCUT2D eigenvalue weighted by Gasteiger charge is 2.25. The molecule has 1 aliphatic carbocycles. The fourth-order valence-corrected chi connectivity index (χ4v) is 4.48. The molecule has 1 saturated carbocycles. The van der Waals surface area contributed by atoms with E-state index in [1.54, 1.807) is 0 Å². The Morgan fingerprint density at radius 2 is 1.95 bits per heavy atom. The molecule has 2 unspecified atom stereocenters. The molecule has 6 nitrogen and oxygen atoms in total. The second kappa shape index (κ2) is 7.74. The monoisotopic (exact) mass is 411 g/mol. The van der Waals surface area contributed by atoms with Crippen LogP contribution in [0, 0.1) is 0 Å². The maximum Gasteiger partial charge on any atom is 0.248 e. The smallest absolute Gasteiger partial charge is 0.248 e. The molecule has 22 heavy (non-hydrogen) atoms. The molecule has 2 atom stereocenters. The number of sulfonamides is 1. The molecule has 1 aromatic carbocycles. The Balaban J connectivity index is 0.00000242. The second-order valence-electron chi connectivity index (χ2n) is 5.28. The Labute approximate surface area is 144 Å². The predicted octanol–water partition coefficient (Wildman–Crippen LogP) is 1.52. The highest BCUT2D eigenvalue weighted by Crippen LogP contribution is 2.22. The normalized spacial score (nSPS) is 21.9. The molecule has 0 saturated heterocycles. The minimum Gasteiger partial charge on any atom is -0.366 e. The summed E-state index contributed by atoms with van der Waals surface area (Å²) in [6.45, 7) is 0. The van der Waals surface area contributed by atoms with E-state index in [0.717, 1.165) is 19.3 Å². The number of amides is 1. The van der Waals surface area contributed by atoms with Crippen LogP contribution in [0.25, 0.3) is 0 Å². The molecule has 0 aliphatic heterocycles. The van der Waals surface area contributed by atoms with E-state index in [1.165, 1.54) is 18.2 Å². The first-order chi connectivity index (χ1) is 9.78. The van der Waals surface area contributed by atoms with Crippen LogP contribution in [-0.4, -0.2) is 26.4 Å². The summed E-state index contributed by atoms with van der Waals surface area (Å²) < 4.78 is 28.0. The highest BCUT2D eigenvalue weighted by molar-refractivity contribution is 9.10. The summed E-state index contributed by atoms with van der Waals surface area (Å²) in [5, 5.41) is 0. The Morgan fingerprint density at radius 3 is 2.55 bits per heavy atom. The molecule has 1 aromatic rings. The van der Waals surface area contributed by atoms with E-state index in [9.17, 15) is 13.2 Å². The van der Waals surface area contributed by atoms with Gasteiger partial charge in [-0.05, 0) is 37.5 Å². The number of carbonyl (C=O) groups is 1. The number of benzene rings is 1. The molecule has 5 N–H and O–H groups in total. The summed E-state index contributed by atoms with van der Waals surface area (Å²) in [4.78, 5) is 11.3. The summed E-state index contributed by atoms with van der Waals surface area (Å²) >= 11 is 3.19. The van der Waals surface area contributed by atoms with E-state index in [-0.39, 0.29) is 34.9 Å². The van der Waals surface area contributed by atoms with Gasteiger partial charge >= 0.3 is 0 Å². The lowest BCUT2D eigenvalue weighted by Gasteiger charge is -2.27. The van der Waals surface area contributed by atoms with Crippen LogP contribution in [0.3, 0.4) is 0 Å². The van der Waals surface area contributed by atoms with Gasteiger partial charge in [0, 0.05) is 22.1 Å². The molecule has 0 heterocycles. The topological polar surface area (TPSA) is 115 Å². The summed E-state index contributed by atoms with van der Waals surface area (Å²) in [6.07, 6.45) is 3.21. The van der Waals surface area contributed by atoms with Crippen molar-refractivity contribution in [1.29, 1.82) is 0 Å². The molecule has 1 aliphatic rings. The van der Waals surface area contributed by atoms with Crippen LogP contribution in [0.1, 0.15) is 36.0 Å². The standard InChI is InChI=1S/C13H18BrN3O3S.ClH/c14-9-4-8(13(16)18)5-12(6-9)21(19,20)17-11-3-1-2-10(15)7-11;/h4-6,10-11,17H,1-3,7,15H2,(H2,16,18);1H. The number of carbonyl (C=O) groups excluding carboxylic acids is 1. The number of hydrogen-bond acceptors (Lipinski definition) is 4. The maximum absolute atomic E-state index is 12.4. The number of nitrogens with one attached hydrogen (secondary N) is 1. The van der Waals surface area contributed by atoms with Crippen LogP contribution < -0.4 is 16.2 Å². The number of rotatable bonds is 4. The van der Waals surface area contributed by atoms with Gasteiger partial charge in [-0.1, -0.05) is 22.4 Å². The van der Waals surface area contributed by atoms with Crippen LogP contribution in [0.4, 0.5) is 0 Å². The van der Waals surface area contributed by atoms with Crippen molar-refractivity contribution in [2.24, 2.45) is 11.5 Å². The van der Waals surface area contributed by atoms with Gasteiger partial charge in [0.25, 0.3) is 0 Å². The van der Waals surface area contributed by atoms with E-state index in [1.807, 2.05) is 0 Å². The van der Waals surface area contributed by atoms with Crippen molar-refractivity contribution in [2.45, 2.75) is 42.7 Å². The van der Waals surface area contributed by atoms with Gasteiger partial charge in [-0.3, -0.25) is 4.79 Å².